The molecular formula is C32H32F3N7O2. The van der Waals surface area contributed by atoms with Crippen molar-refractivity contribution in [1.82, 2.24) is 25.1 Å². The maximum atomic E-state index is 14.1. The summed E-state index contributed by atoms with van der Waals surface area (Å²) in [5, 5.41) is 15.8. The fourth-order valence-electron chi connectivity index (χ4n) is 5.97. The lowest BCUT2D eigenvalue weighted by atomic mass is 9.88. The van der Waals surface area contributed by atoms with Crippen LogP contribution in [0.3, 0.4) is 0 Å². The summed E-state index contributed by atoms with van der Waals surface area (Å²) in [5.74, 6) is 1.15. The third-order valence-corrected chi connectivity index (χ3v) is 8.25. The van der Waals surface area contributed by atoms with Gasteiger partial charge in [0.2, 0.25) is 0 Å². The van der Waals surface area contributed by atoms with Crippen LogP contribution in [-0.2, 0) is 19.3 Å². The fraction of sp³-hybridized carbons (Fsp3) is 0.344. The molecule has 4 aromatic rings. The van der Waals surface area contributed by atoms with Crippen LogP contribution >= 0.6 is 0 Å². The van der Waals surface area contributed by atoms with Gasteiger partial charge in [-0.1, -0.05) is 19.1 Å². The highest BCUT2D eigenvalue weighted by Gasteiger charge is 2.35. The number of rotatable bonds is 6. The first kappa shape index (κ1) is 29.5. The molecule has 1 saturated heterocycles. The molecule has 6 rings (SSSR count). The second kappa shape index (κ2) is 12.2. The molecule has 2 aliphatic heterocycles. The van der Waals surface area contributed by atoms with Crippen molar-refractivity contribution in [1.29, 1.82) is 5.26 Å². The third-order valence-electron chi connectivity index (χ3n) is 8.25. The van der Waals surface area contributed by atoms with E-state index in [4.69, 9.17) is 4.74 Å². The van der Waals surface area contributed by atoms with Crippen LogP contribution in [0.15, 0.2) is 54.7 Å². The highest BCUT2D eigenvalue weighted by atomic mass is 19.4. The Kier molecular flexibility index (Phi) is 8.16. The lowest BCUT2D eigenvalue weighted by molar-refractivity contribution is -0.138. The molecule has 0 spiro atoms. The summed E-state index contributed by atoms with van der Waals surface area (Å²) < 4.78 is 48.3. The SMILES string of the molecule is CC[C@@H]1CN(C(=O)Nc2ccc(CN3CCNCC3)c(C(F)(F)F)c2)Cc2cc(Oc3ccnc4[nH]c(C#N)cc34)ccc21. The van der Waals surface area contributed by atoms with Gasteiger partial charge in [-0.25, -0.2) is 9.78 Å². The largest absolute Gasteiger partial charge is 0.457 e. The lowest BCUT2D eigenvalue weighted by Gasteiger charge is -2.34. The van der Waals surface area contributed by atoms with Crippen LogP contribution in [0.4, 0.5) is 23.7 Å². The summed E-state index contributed by atoms with van der Waals surface area (Å²) in [5.41, 5.74) is 2.48. The Hall–Kier alpha value is -4.60. The Morgan fingerprint density at radius 2 is 1.98 bits per heavy atom. The number of fused-ring (bicyclic) bond motifs is 2. The number of alkyl halides is 3. The fourth-order valence-corrected chi connectivity index (χ4v) is 5.97. The highest BCUT2D eigenvalue weighted by molar-refractivity contribution is 5.90. The van der Waals surface area contributed by atoms with Crippen LogP contribution in [-0.4, -0.2) is 58.5 Å². The number of nitrogens with one attached hydrogen (secondary N) is 3. The second-order valence-electron chi connectivity index (χ2n) is 11.1. The summed E-state index contributed by atoms with van der Waals surface area (Å²) in [7, 11) is 0. The number of nitrogens with zero attached hydrogens (tertiary/aromatic N) is 4. The summed E-state index contributed by atoms with van der Waals surface area (Å²) in [6.07, 6.45) is -2.18. The average molecular weight is 604 g/mol. The number of nitriles is 1. The van der Waals surface area contributed by atoms with Crippen LogP contribution in [0.2, 0.25) is 0 Å². The van der Waals surface area contributed by atoms with E-state index < -0.39 is 17.8 Å². The Morgan fingerprint density at radius 3 is 2.73 bits per heavy atom. The Labute approximate surface area is 252 Å². The van der Waals surface area contributed by atoms with E-state index in [2.05, 4.69) is 26.7 Å². The number of hydrogen-bond acceptors (Lipinski definition) is 6. The number of benzene rings is 2. The van der Waals surface area contributed by atoms with Crippen LogP contribution in [0, 0.1) is 11.3 Å². The van der Waals surface area contributed by atoms with E-state index in [0.29, 0.717) is 47.9 Å². The first-order chi connectivity index (χ1) is 21.2. The molecule has 1 atom stereocenters. The van der Waals surface area contributed by atoms with Gasteiger partial charge in [-0.15, -0.1) is 0 Å². The first-order valence-corrected chi connectivity index (χ1v) is 14.6. The molecule has 0 unspecified atom stereocenters. The zero-order chi connectivity index (χ0) is 30.8. The van der Waals surface area contributed by atoms with Gasteiger partial charge in [-0.3, -0.25) is 4.90 Å². The summed E-state index contributed by atoms with van der Waals surface area (Å²) >= 11 is 0. The smallest absolute Gasteiger partial charge is 0.416 e. The van der Waals surface area contributed by atoms with E-state index in [1.807, 2.05) is 30.0 Å². The first-order valence-electron chi connectivity index (χ1n) is 14.6. The number of piperazine rings is 1. The van der Waals surface area contributed by atoms with Crippen molar-refractivity contribution in [2.24, 2.45) is 0 Å². The van der Waals surface area contributed by atoms with Crippen LogP contribution < -0.4 is 15.4 Å². The molecule has 12 heteroatoms. The van der Waals surface area contributed by atoms with Crippen molar-refractivity contribution >= 4 is 22.8 Å². The standard InChI is InChI=1S/C32H32F3N7O2/c1-2-20-18-42(31(43)40-23-4-3-21(28(15-23)32(33,34)35)17-41-11-9-37-10-12-41)19-22-13-25(5-6-26(20)22)44-29-7-8-38-30-27(29)14-24(16-36)39-30/h3-8,13-15,20,37H,2,9-12,17-19H2,1H3,(H,38,39)(H,40,43)/t20-/m1/s1. The van der Waals surface area contributed by atoms with Gasteiger partial charge < -0.3 is 25.3 Å². The van der Waals surface area contributed by atoms with Gasteiger partial charge in [-0.05, 0) is 59.5 Å². The Balaban J connectivity index is 1.20. The molecule has 0 aliphatic carbocycles. The molecule has 0 saturated carbocycles. The lowest BCUT2D eigenvalue weighted by Crippen LogP contribution is -2.43. The van der Waals surface area contributed by atoms with E-state index in [1.165, 1.54) is 6.07 Å². The third kappa shape index (κ3) is 6.20. The predicted molar refractivity (Wildman–Crippen MR) is 159 cm³/mol. The number of carbonyl (C=O) groups excluding carboxylic acids is 1. The van der Waals surface area contributed by atoms with Gasteiger partial charge in [0.05, 0.1) is 10.9 Å². The number of ether oxygens (including phenoxy) is 1. The van der Waals surface area contributed by atoms with Gasteiger partial charge in [0, 0.05) is 63.6 Å². The van der Waals surface area contributed by atoms with Gasteiger partial charge in [0.15, 0.2) is 0 Å². The quantitative estimate of drug-likeness (QED) is 0.243. The molecule has 9 nitrogen and oxygen atoms in total. The summed E-state index contributed by atoms with van der Waals surface area (Å²) in [6.45, 7) is 5.79. The van der Waals surface area contributed by atoms with Crippen LogP contribution in [0.1, 0.15) is 47.2 Å². The number of aromatic nitrogens is 2. The summed E-state index contributed by atoms with van der Waals surface area (Å²) in [4.78, 5) is 24.2. The number of carbonyl (C=O) groups is 1. The van der Waals surface area contributed by atoms with Crippen molar-refractivity contribution in [2.75, 3.05) is 38.0 Å². The molecule has 1 fully saturated rings. The molecule has 2 aromatic heterocycles. The number of pyridine rings is 1. The van der Waals surface area contributed by atoms with E-state index in [0.717, 1.165) is 36.7 Å². The zero-order valence-corrected chi connectivity index (χ0v) is 24.2. The number of H-pyrrole nitrogens is 1. The number of urea groups is 1. The van der Waals surface area contributed by atoms with Gasteiger partial charge in [-0.2, -0.15) is 18.4 Å². The number of amides is 2. The molecular weight excluding hydrogens is 571 g/mol. The predicted octanol–water partition coefficient (Wildman–Crippen LogP) is 6.19. The molecule has 3 N–H and O–H groups in total. The van der Waals surface area contributed by atoms with Crippen molar-refractivity contribution in [3.63, 3.8) is 0 Å². The highest BCUT2D eigenvalue weighted by Crippen LogP contribution is 2.37. The maximum Gasteiger partial charge on any atom is 0.416 e. The number of hydrogen-bond donors (Lipinski definition) is 3. The minimum atomic E-state index is -4.55. The minimum Gasteiger partial charge on any atom is -0.457 e. The van der Waals surface area contributed by atoms with Crippen molar-refractivity contribution in [3.05, 3.63) is 82.7 Å². The molecule has 0 bridgehead atoms. The molecule has 228 valence electrons. The molecule has 2 aliphatic rings. The molecule has 2 aromatic carbocycles. The van der Waals surface area contributed by atoms with Crippen molar-refractivity contribution in [2.45, 2.75) is 38.5 Å². The van der Waals surface area contributed by atoms with Crippen LogP contribution in [0.25, 0.3) is 11.0 Å². The van der Waals surface area contributed by atoms with Crippen molar-refractivity contribution < 1.29 is 22.7 Å². The summed E-state index contributed by atoms with van der Waals surface area (Å²) in [6, 6.07) is 14.8. The van der Waals surface area contributed by atoms with Crippen LogP contribution in [0.5, 0.6) is 11.5 Å². The topological polar surface area (TPSA) is 109 Å². The Bertz CT molecular complexity index is 1720. The van der Waals surface area contributed by atoms with E-state index >= 15 is 0 Å². The van der Waals surface area contributed by atoms with E-state index in [1.54, 1.807) is 29.3 Å². The number of halogens is 3. The minimum absolute atomic E-state index is 0.0567. The monoisotopic (exact) mass is 603 g/mol. The molecule has 2 amide bonds. The van der Waals surface area contributed by atoms with Gasteiger partial charge in [0.1, 0.15) is 28.9 Å². The van der Waals surface area contributed by atoms with Gasteiger partial charge in [0.25, 0.3) is 0 Å². The second-order valence-corrected chi connectivity index (χ2v) is 11.1. The molecule has 44 heavy (non-hydrogen) atoms. The van der Waals surface area contributed by atoms with Gasteiger partial charge >= 0.3 is 12.2 Å². The molecule has 4 heterocycles. The van der Waals surface area contributed by atoms with Crippen molar-refractivity contribution in [3.8, 4) is 17.6 Å². The number of anilines is 1. The zero-order valence-electron chi connectivity index (χ0n) is 24.2. The maximum absolute atomic E-state index is 14.1. The normalized spacial score (nSPS) is 17.2. The Morgan fingerprint density at radius 1 is 1.16 bits per heavy atom. The van der Waals surface area contributed by atoms with E-state index in [-0.39, 0.29) is 30.3 Å². The van der Waals surface area contributed by atoms with E-state index in [9.17, 15) is 23.2 Å². The molecule has 0 radical (unpaired) electrons. The number of aromatic amines is 1. The average Bonchev–Trinajstić information content (AvgIpc) is 3.46.